The van der Waals surface area contributed by atoms with Gasteiger partial charge in [0.1, 0.15) is 29.5 Å². The number of alkyl carbamates (subject to hydrolysis) is 1. The van der Waals surface area contributed by atoms with Crippen molar-refractivity contribution >= 4 is 39.8 Å². The molecule has 1 aliphatic heterocycles. The van der Waals surface area contributed by atoms with Gasteiger partial charge in [-0.1, -0.05) is 26.8 Å². The molecule has 56 heavy (non-hydrogen) atoms. The molecule has 1 saturated heterocycles. The molecule has 18 nitrogen and oxygen atoms in total. The number of aromatic carboxylic acids is 1. The number of ether oxygens (including phenoxy) is 2. The minimum absolute atomic E-state index is 0.0146. The lowest BCUT2D eigenvalue weighted by atomic mass is 9.85. The Labute approximate surface area is 323 Å². The van der Waals surface area contributed by atoms with E-state index in [1.165, 1.54) is 15.8 Å². The van der Waals surface area contributed by atoms with E-state index in [2.05, 4.69) is 32.6 Å². The van der Waals surface area contributed by atoms with Crippen LogP contribution in [0.1, 0.15) is 69.3 Å². The van der Waals surface area contributed by atoms with Crippen molar-refractivity contribution < 1.29 is 47.0 Å². The number of nitrogens with one attached hydrogen (secondary N) is 3. The molecule has 19 heteroatoms. The zero-order valence-corrected chi connectivity index (χ0v) is 32.1. The van der Waals surface area contributed by atoms with Crippen molar-refractivity contribution in [1.82, 2.24) is 40.5 Å². The summed E-state index contributed by atoms with van der Waals surface area (Å²) in [6, 6.07) is 8.20. The van der Waals surface area contributed by atoms with Gasteiger partial charge in [0.2, 0.25) is 17.6 Å². The van der Waals surface area contributed by atoms with Crippen molar-refractivity contribution in [2.24, 2.45) is 11.3 Å². The second-order valence-corrected chi connectivity index (χ2v) is 16.9. The summed E-state index contributed by atoms with van der Waals surface area (Å²) in [7, 11) is -2.96. The van der Waals surface area contributed by atoms with E-state index in [1.807, 2.05) is 4.72 Å². The van der Waals surface area contributed by atoms with Crippen molar-refractivity contribution in [3.8, 4) is 17.1 Å². The highest BCUT2D eigenvalue weighted by Gasteiger charge is 2.61. The number of methoxy groups -OCH3 is 1. The lowest BCUT2D eigenvalue weighted by molar-refractivity contribution is -0.143. The van der Waals surface area contributed by atoms with Gasteiger partial charge in [-0.2, -0.15) is 4.80 Å². The third-order valence-corrected chi connectivity index (χ3v) is 11.7. The molecule has 298 valence electrons. The van der Waals surface area contributed by atoms with E-state index in [0.717, 1.165) is 43.5 Å². The van der Waals surface area contributed by atoms with Crippen LogP contribution >= 0.6 is 0 Å². The molecule has 3 aromatic rings. The normalized spacial score (nSPS) is 22.6. The summed E-state index contributed by atoms with van der Waals surface area (Å²) < 4.78 is 39.2. The molecule has 0 spiro atoms. The Morgan fingerprint density at radius 3 is 2.29 bits per heavy atom. The van der Waals surface area contributed by atoms with Crippen molar-refractivity contribution in [3.05, 3.63) is 66.7 Å². The highest BCUT2D eigenvalue weighted by molar-refractivity contribution is 7.90. The maximum Gasteiger partial charge on any atom is 0.408 e. The summed E-state index contributed by atoms with van der Waals surface area (Å²) in [6.45, 7) is 8.94. The van der Waals surface area contributed by atoms with Crippen LogP contribution in [0.5, 0.6) is 5.75 Å². The van der Waals surface area contributed by atoms with Crippen LogP contribution in [-0.2, 0) is 29.1 Å². The van der Waals surface area contributed by atoms with E-state index in [1.54, 1.807) is 52.1 Å². The van der Waals surface area contributed by atoms with Crippen LogP contribution in [-0.4, -0.2) is 106 Å². The topological polar surface area (TPSA) is 241 Å². The molecule has 2 saturated carbocycles. The third kappa shape index (κ3) is 8.22. The molecule has 4 amide bonds. The summed E-state index contributed by atoms with van der Waals surface area (Å²) in [4.78, 5) is 69.1. The number of benzene rings is 2. The van der Waals surface area contributed by atoms with Crippen LogP contribution in [0.25, 0.3) is 11.4 Å². The molecule has 2 heterocycles. The van der Waals surface area contributed by atoms with Gasteiger partial charge in [0, 0.05) is 24.4 Å². The van der Waals surface area contributed by atoms with E-state index in [4.69, 9.17) is 9.47 Å². The average molecular weight is 793 g/mol. The van der Waals surface area contributed by atoms with E-state index in [0.29, 0.717) is 11.3 Å². The summed E-state index contributed by atoms with van der Waals surface area (Å²) >= 11 is 0. The number of hydrogen-bond donors (Lipinski definition) is 4. The molecule has 1 aromatic heterocycles. The van der Waals surface area contributed by atoms with Gasteiger partial charge < -0.3 is 30.1 Å². The Morgan fingerprint density at radius 2 is 1.73 bits per heavy atom. The first kappa shape index (κ1) is 39.8. The predicted octanol–water partition coefficient (Wildman–Crippen LogP) is 2.45. The quantitative estimate of drug-likeness (QED) is 0.182. The fourth-order valence-corrected chi connectivity index (χ4v) is 7.74. The van der Waals surface area contributed by atoms with Crippen molar-refractivity contribution in [3.63, 3.8) is 0 Å². The second-order valence-electron chi connectivity index (χ2n) is 15.2. The fraction of sp³-hybridized carbons (Fsp3) is 0.459. The monoisotopic (exact) mass is 792 g/mol. The number of amides is 4. The number of carbonyl (C=O) groups excluding carboxylic acids is 4. The Kier molecular flexibility index (Phi) is 10.9. The zero-order chi connectivity index (χ0) is 40.6. The molecule has 0 radical (unpaired) electrons. The molecule has 5 atom stereocenters. The minimum Gasteiger partial charge on any atom is -0.497 e. The van der Waals surface area contributed by atoms with E-state index >= 15 is 0 Å². The lowest BCUT2D eigenvalue weighted by Gasteiger charge is -2.36. The number of carboxylic acid groups (broad SMARTS) is 1. The largest absolute Gasteiger partial charge is 0.497 e. The minimum atomic E-state index is -4.50. The Bertz CT molecular complexity index is 2130. The lowest BCUT2D eigenvalue weighted by Crippen LogP contribution is -2.60. The molecule has 0 unspecified atom stereocenters. The van der Waals surface area contributed by atoms with Gasteiger partial charge in [0.05, 0.1) is 23.6 Å². The number of rotatable bonds is 13. The summed E-state index contributed by atoms with van der Waals surface area (Å²) in [5.74, 6) is -3.40. The first-order chi connectivity index (χ1) is 26.4. The van der Waals surface area contributed by atoms with Gasteiger partial charge in [-0.3, -0.25) is 14.4 Å². The molecule has 4 N–H and O–H groups in total. The van der Waals surface area contributed by atoms with E-state index in [9.17, 15) is 37.5 Å². The van der Waals surface area contributed by atoms with Crippen LogP contribution in [0.15, 0.2) is 66.1 Å². The van der Waals surface area contributed by atoms with Gasteiger partial charge in [-0.15, -0.1) is 16.8 Å². The van der Waals surface area contributed by atoms with Crippen LogP contribution in [0.2, 0.25) is 0 Å². The summed E-state index contributed by atoms with van der Waals surface area (Å²) in [6.07, 6.45) is 2.78. The number of nitrogens with zero attached hydrogens (tertiary/aromatic N) is 5. The number of tetrazole rings is 1. The summed E-state index contributed by atoms with van der Waals surface area (Å²) in [5, 5.41) is 27.6. The smallest absolute Gasteiger partial charge is 0.408 e. The molecule has 2 aliphatic carbocycles. The second kappa shape index (κ2) is 15.4. The van der Waals surface area contributed by atoms with Crippen LogP contribution in [0.3, 0.4) is 0 Å². The number of carboxylic acids is 1. The van der Waals surface area contributed by atoms with Crippen molar-refractivity contribution in [2.75, 3.05) is 13.7 Å². The van der Waals surface area contributed by atoms with Crippen LogP contribution in [0.4, 0.5) is 4.79 Å². The predicted molar refractivity (Wildman–Crippen MR) is 197 cm³/mol. The molecular formula is C37H44N8O10S. The van der Waals surface area contributed by atoms with E-state index < -0.39 is 74.8 Å². The van der Waals surface area contributed by atoms with Gasteiger partial charge in [0.15, 0.2) is 0 Å². The Balaban J connectivity index is 1.27. The number of hydrogen-bond acceptors (Lipinski definition) is 12. The molecule has 0 bridgehead atoms. The highest BCUT2D eigenvalue weighted by atomic mass is 32.2. The van der Waals surface area contributed by atoms with E-state index in [-0.39, 0.29) is 41.8 Å². The van der Waals surface area contributed by atoms with Gasteiger partial charge in [-0.05, 0) is 84.8 Å². The van der Waals surface area contributed by atoms with Crippen LogP contribution in [0, 0.1) is 11.3 Å². The zero-order valence-electron chi connectivity index (χ0n) is 31.3. The molecule has 3 fully saturated rings. The molecule has 3 aliphatic rings. The number of aromatic nitrogens is 4. The SMILES string of the molecule is C=C[C@@H]1C[C@]1(NC(=O)[C@@H]1C[C@@H](n2nnc(-c3ccc(OC)cc3)n2)CN1C(=O)[C@@H](NC(=O)OC1CCC1)C(C)(C)C)C(=O)NS(=O)(=O)c1ccc(C(=O)O)cc1. The standard InChI is InChI=1S/C37H44N8O10S/c1-6-23-19-37(23,34(50)42-56(52,53)27-16-12-22(13-17-27)33(48)49)39-31(46)28-18-24(45-41-30(40-43-45)21-10-14-25(54-5)15-11-21)20-44(28)32(47)29(36(2,3)4)38-35(51)55-26-8-7-9-26/h6,10-17,23-24,26,28-29H,1,7-9,18-20H2,2-5H3,(H,38,51)(H,39,46)(H,42,50)(H,48,49)/t23-,24-,28+,29-,37-/m1/s1. The van der Waals surface area contributed by atoms with Gasteiger partial charge >= 0.3 is 12.1 Å². The Hall–Kier alpha value is -5.85. The maximum absolute atomic E-state index is 14.5. The molecule has 2 aromatic carbocycles. The van der Waals surface area contributed by atoms with Gasteiger partial charge in [0.25, 0.3) is 15.9 Å². The molecule has 6 rings (SSSR count). The maximum atomic E-state index is 14.5. The van der Waals surface area contributed by atoms with Crippen molar-refractivity contribution in [2.45, 2.75) is 87.5 Å². The number of likely N-dealkylation sites (tertiary alicyclic amines) is 1. The van der Waals surface area contributed by atoms with Gasteiger partial charge in [-0.25, -0.2) is 22.7 Å². The fourth-order valence-electron chi connectivity index (χ4n) is 6.70. The number of carbonyl (C=O) groups is 5. The molecular weight excluding hydrogens is 749 g/mol. The highest BCUT2D eigenvalue weighted by Crippen LogP contribution is 2.45. The van der Waals surface area contributed by atoms with Crippen LogP contribution < -0.4 is 20.1 Å². The van der Waals surface area contributed by atoms with Crippen molar-refractivity contribution in [1.29, 1.82) is 0 Å². The first-order valence-corrected chi connectivity index (χ1v) is 19.5. The third-order valence-electron chi connectivity index (χ3n) is 10.4. The first-order valence-electron chi connectivity index (χ1n) is 18.0. The Morgan fingerprint density at radius 1 is 1.05 bits per heavy atom. The number of sulfonamides is 1. The summed E-state index contributed by atoms with van der Waals surface area (Å²) in [5.41, 5.74) is -2.09. The average Bonchev–Trinajstić information content (AvgIpc) is 3.43.